The van der Waals surface area contributed by atoms with Crippen molar-refractivity contribution in [2.75, 3.05) is 0 Å². The summed E-state index contributed by atoms with van der Waals surface area (Å²) in [6.45, 7) is 6.59. The van der Waals surface area contributed by atoms with Crippen LogP contribution in [0.2, 0.25) is 0 Å². The Balaban J connectivity index is 1.94. The molecule has 4 rings (SSSR count). The highest BCUT2D eigenvalue weighted by Gasteiger charge is 2.23. The molecule has 3 aromatic rings. The lowest BCUT2D eigenvalue weighted by Gasteiger charge is -2.13. The molecule has 1 saturated carbocycles. The molecule has 1 heterocycles. The van der Waals surface area contributed by atoms with Crippen LogP contribution in [0, 0.1) is 26.7 Å². The van der Waals surface area contributed by atoms with Gasteiger partial charge in [0.15, 0.2) is 0 Å². The van der Waals surface area contributed by atoms with E-state index in [0.717, 1.165) is 11.4 Å². The zero-order chi connectivity index (χ0) is 16.1. The van der Waals surface area contributed by atoms with Crippen molar-refractivity contribution in [1.29, 1.82) is 0 Å². The van der Waals surface area contributed by atoms with Crippen molar-refractivity contribution in [3.63, 3.8) is 0 Å². The highest BCUT2D eigenvalue weighted by molar-refractivity contribution is 5.97. The minimum Gasteiger partial charge on any atom is -0.275 e. The van der Waals surface area contributed by atoms with E-state index in [1.165, 1.54) is 58.0 Å². The minimum absolute atomic E-state index is 0.895. The molecule has 0 spiro atoms. The van der Waals surface area contributed by atoms with E-state index in [2.05, 4.69) is 51.2 Å². The van der Waals surface area contributed by atoms with Gasteiger partial charge in [-0.1, -0.05) is 29.8 Å². The van der Waals surface area contributed by atoms with Crippen LogP contribution in [0.25, 0.3) is 22.0 Å². The summed E-state index contributed by atoms with van der Waals surface area (Å²) in [4.78, 5) is 0. The molecule has 1 aliphatic rings. The summed E-state index contributed by atoms with van der Waals surface area (Å²) in [5.74, 6) is 0.895. The van der Waals surface area contributed by atoms with Gasteiger partial charge in [0, 0.05) is 24.2 Å². The molecule has 2 aromatic carbocycles. The maximum atomic E-state index is 4.80. The van der Waals surface area contributed by atoms with E-state index in [1.54, 1.807) is 0 Å². The van der Waals surface area contributed by atoms with Gasteiger partial charge in [-0.3, -0.25) is 4.68 Å². The number of aromatic nitrogens is 2. The average Bonchev–Trinajstić information content (AvgIpc) is 3.19. The average molecular weight is 304 g/mol. The second kappa shape index (κ2) is 5.23. The third kappa shape index (κ3) is 2.56. The fraction of sp³-hybridized carbons (Fsp3) is 0.381. The van der Waals surface area contributed by atoms with Crippen LogP contribution in [0.15, 0.2) is 30.5 Å². The van der Waals surface area contributed by atoms with Crippen LogP contribution in [-0.4, -0.2) is 9.78 Å². The number of nitrogens with zero attached hydrogens (tertiary/aromatic N) is 2. The van der Waals surface area contributed by atoms with Crippen molar-refractivity contribution in [3.8, 4) is 11.1 Å². The lowest BCUT2D eigenvalue weighted by atomic mass is 9.91. The molecule has 2 nitrogen and oxygen atoms in total. The van der Waals surface area contributed by atoms with Crippen molar-refractivity contribution in [1.82, 2.24) is 9.78 Å². The first-order valence-electron chi connectivity index (χ1n) is 8.56. The van der Waals surface area contributed by atoms with E-state index >= 15 is 0 Å². The van der Waals surface area contributed by atoms with E-state index in [4.69, 9.17) is 5.10 Å². The number of benzene rings is 2. The van der Waals surface area contributed by atoms with E-state index in [9.17, 15) is 0 Å². The van der Waals surface area contributed by atoms with Gasteiger partial charge in [-0.15, -0.1) is 0 Å². The predicted molar refractivity (Wildman–Crippen MR) is 96.8 cm³/mol. The lowest BCUT2D eigenvalue weighted by molar-refractivity contribution is 0.779. The minimum atomic E-state index is 0.895. The van der Waals surface area contributed by atoms with E-state index in [0.29, 0.717) is 0 Å². The molecule has 0 unspecified atom stereocenters. The Labute approximate surface area is 138 Å². The molecule has 0 saturated heterocycles. The van der Waals surface area contributed by atoms with Gasteiger partial charge in [-0.25, -0.2) is 0 Å². The second-order valence-corrected chi connectivity index (χ2v) is 7.26. The van der Waals surface area contributed by atoms with Gasteiger partial charge in [-0.05, 0) is 68.2 Å². The standard InChI is InChI=1S/C21H24N2/c1-13-9-14(2)20(15(3)10-13)18-8-7-17(11-16-5-6-16)19-12-23(4)22-21(18)19/h7-10,12,16H,5-6,11H2,1-4H3. The molecule has 118 valence electrons. The number of hydrogen-bond donors (Lipinski definition) is 0. The van der Waals surface area contributed by atoms with E-state index < -0.39 is 0 Å². The summed E-state index contributed by atoms with van der Waals surface area (Å²) in [7, 11) is 2.03. The Bertz CT molecular complexity index is 875. The lowest BCUT2D eigenvalue weighted by Crippen LogP contribution is -1.94. The summed E-state index contributed by atoms with van der Waals surface area (Å²) in [5, 5.41) is 6.13. The second-order valence-electron chi connectivity index (χ2n) is 7.26. The molecule has 1 aromatic heterocycles. The summed E-state index contributed by atoms with van der Waals surface area (Å²) in [6, 6.07) is 9.17. The first-order valence-corrected chi connectivity index (χ1v) is 8.56. The Hall–Kier alpha value is -2.09. The van der Waals surface area contributed by atoms with Crippen LogP contribution < -0.4 is 0 Å². The quantitative estimate of drug-likeness (QED) is 0.657. The molecule has 0 bridgehead atoms. The van der Waals surface area contributed by atoms with Gasteiger partial charge in [0.05, 0.1) is 0 Å². The van der Waals surface area contributed by atoms with Gasteiger partial charge in [0.1, 0.15) is 5.52 Å². The van der Waals surface area contributed by atoms with Crippen LogP contribution in [-0.2, 0) is 13.5 Å². The molecule has 0 radical (unpaired) electrons. The topological polar surface area (TPSA) is 17.8 Å². The molecular weight excluding hydrogens is 280 g/mol. The molecule has 0 atom stereocenters. The number of hydrogen-bond acceptors (Lipinski definition) is 1. The highest BCUT2D eigenvalue weighted by Crippen LogP contribution is 2.38. The van der Waals surface area contributed by atoms with Gasteiger partial charge in [-0.2, -0.15) is 5.10 Å². The van der Waals surface area contributed by atoms with Crippen molar-refractivity contribution in [2.24, 2.45) is 13.0 Å². The van der Waals surface area contributed by atoms with Crippen LogP contribution >= 0.6 is 0 Å². The van der Waals surface area contributed by atoms with Crippen LogP contribution in [0.1, 0.15) is 35.1 Å². The summed E-state index contributed by atoms with van der Waals surface area (Å²) in [6.07, 6.45) is 6.17. The maximum Gasteiger partial charge on any atom is 0.100 e. The molecule has 1 fully saturated rings. The monoisotopic (exact) mass is 304 g/mol. The van der Waals surface area contributed by atoms with Crippen LogP contribution in [0.5, 0.6) is 0 Å². The largest absolute Gasteiger partial charge is 0.275 e. The Morgan fingerprint density at radius 3 is 2.43 bits per heavy atom. The summed E-state index contributed by atoms with van der Waals surface area (Å²) in [5.41, 5.74) is 9.23. The van der Waals surface area contributed by atoms with Gasteiger partial charge < -0.3 is 0 Å². The predicted octanol–water partition coefficient (Wildman–Crippen LogP) is 5.12. The van der Waals surface area contributed by atoms with Crippen LogP contribution in [0.4, 0.5) is 0 Å². The van der Waals surface area contributed by atoms with Gasteiger partial charge >= 0.3 is 0 Å². The fourth-order valence-electron chi connectivity index (χ4n) is 3.89. The van der Waals surface area contributed by atoms with Gasteiger partial charge in [0.25, 0.3) is 0 Å². The fourth-order valence-corrected chi connectivity index (χ4v) is 3.89. The van der Waals surface area contributed by atoms with Crippen molar-refractivity contribution in [3.05, 3.63) is 52.7 Å². The summed E-state index contributed by atoms with van der Waals surface area (Å²) < 4.78 is 1.96. The van der Waals surface area contributed by atoms with E-state index in [1.807, 2.05) is 11.7 Å². The van der Waals surface area contributed by atoms with Crippen LogP contribution in [0.3, 0.4) is 0 Å². The molecule has 0 amide bonds. The SMILES string of the molecule is Cc1cc(C)c(-c2ccc(CC3CC3)c3cn(C)nc23)c(C)c1. The third-order valence-electron chi connectivity index (χ3n) is 5.03. The first-order chi connectivity index (χ1) is 11.0. The molecule has 0 aliphatic heterocycles. The highest BCUT2D eigenvalue weighted by atomic mass is 15.2. The van der Waals surface area contributed by atoms with Crippen molar-refractivity contribution < 1.29 is 0 Å². The smallest absolute Gasteiger partial charge is 0.100 e. The summed E-state index contributed by atoms with van der Waals surface area (Å²) >= 11 is 0. The molecule has 23 heavy (non-hydrogen) atoms. The zero-order valence-corrected chi connectivity index (χ0v) is 14.5. The Morgan fingerprint density at radius 2 is 1.78 bits per heavy atom. The molecule has 0 N–H and O–H groups in total. The molecular formula is C21H24N2. The Morgan fingerprint density at radius 1 is 1.09 bits per heavy atom. The normalized spacial score (nSPS) is 14.6. The number of rotatable bonds is 3. The van der Waals surface area contributed by atoms with Crippen molar-refractivity contribution >= 4 is 10.9 Å². The first kappa shape index (κ1) is 14.5. The van der Waals surface area contributed by atoms with Gasteiger partial charge in [0.2, 0.25) is 0 Å². The van der Waals surface area contributed by atoms with Crippen molar-refractivity contribution in [2.45, 2.75) is 40.0 Å². The number of aryl methyl sites for hydroxylation is 4. The number of fused-ring (bicyclic) bond motifs is 1. The maximum absolute atomic E-state index is 4.80. The Kier molecular flexibility index (Phi) is 3.29. The molecule has 1 aliphatic carbocycles. The molecule has 2 heteroatoms. The van der Waals surface area contributed by atoms with E-state index in [-0.39, 0.29) is 0 Å². The zero-order valence-electron chi connectivity index (χ0n) is 14.5. The third-order valence-corrected chi connectivity index (χ3v) is 5.03.